The monoisotopic (exact) mass is 259 g/mol. The summed E-state index contributed by atoms with van der Waals surface area (Å²) in [5, 5.41) is 3.66. The second-order valence-electron chi connectivity index (χ2n) is 7.13. The molecule has 1 aromatic carbocycles. The van der Waals surface area contributed by atoms with E-state index in [1.54, 1.807) is 0 Å². The summed E-state index contributed by atoms with van der Waals surface area (Å²) in [6, 6.07) is 9.58. The average Bonchev–Trinajstić information content (AvgIpc) is 2.31. The van der Waals surface area contributed by atoms with Gasteiger partial charge in [0.25, 0.3) is 0 Å². The van der Waals surface area contributed by atoms with Gasteiger partial charge in [-0.1, -0.05) is 64.3 Å². The van der Waals surface area contributed by atoms with Crippen LogP contribution >= 0.6 is 0 Å². The fraction of sp³-hybridized carbons (Fsp3) is 0.667. The minimum absolute atomic E-state index is 0.249. The van der Waals surface area contributed by atoms with Crippen LogP contribution in [0.3, 0.4) is 0 Å². The molecule has 1 fully saturated rings. The summed E-state index contributed by atoms with van der Waals surface area (Å²) >= 11 is 0. The molecule has 1 aromatic rings. The fourth-order valence-electron chi connectivity index (χ4n) is 2.68. The Kier molecular flexibility index (Phi) is 4.67. The van der Waals surface area contributed by atoms with Crippen LogP contribution in [0.25, 0.3) is 0 Å². The highest BCUT2D eigenvalue weighted by molar-refractivity contribution is 5.28. The van der Waals surface area contributed by atoms with Crippen molar-refractivity contribution >= 4 is 0 Å². The van der Waals surface area contributed by atoms with Gasteiger partial charge in [0.05, 0.1) is 0 Å². The first-order chi connectivity index (χ1) is 8.97. The van der Waals surface area contributed by atoms with Gasteiger partial charge in [0.2, 0.25) is 0 Å². The van der Waals surface area contributed by atoms with Crippen LogP contribution in [0.5, 0.6) is 0 Å². The lowest BCUT2D eigenvalue weighted by Crippen LogP contribution is -2.24. The zero-order valence-electron chi connectivity index (χ0n) is 13.0. The van der Waals surface area contributed by atoms with Gasteiger partial charge in [0, 0.05) is 6.04 Å². The molecule has 1 unspecified atom stereocenters. The van der Waals surface area contributed by atoms with E-state index in [4.69, 9.17) is 0 Å². The Bertz CT molecular complexity index is 381. The van der Waals surface area contributed by atoms with Gasteiger partial charge in [0.15, 0.2) is 0 Å². The summed E-state index contributed by atoms with van der Waals surface area (Å²) in [7, 11) is 0. The summed E-state index contributed by atoms with van der Waals surface area (Å²) in [4.78, 5) is 0. The van der Waals surface area contributed by atoms with Crippen molar-refractivity contribution in [3.63, 3.8) is 0 Å². The van der Waals surface area contributed by atoms with Gasteiger partial charge in [-0.05, 0) is 42.3 Å². The quantitative estimate of drug-likeness (QED) is 0.799. The lowest BCUT2D eigenvalue weighted by molar-refractivity contribution is 0.288. The Balaban J connectivity index is 1.82. The van der Waals surface area contributed by atoms with Gasteiger partial charge in [-0.25, -0.2) is 0 Å². The fourth-order valence-corrected chi connectivity index (χ4v) is 2.68. The zero-order valence-corrected chi connectivity index (χ0v) is 13.0. The Morgan fingerprint density at radius 1 is 1.16 bits per heavy atom. The van der Waals surface area contributed by atoms with Crippen molar-refractivity contribution < 1.29 is 0 Å². The zero-order chi connectivity index (χ0) is 13.9. The van der Waals surface area contributed by atoms with E-state index >= 15 is 0 Å². The van der Waals surface area contributed by atoms with Gasteiger partial charge < -0.3 is 5.32 Å². The summed E-state index contributed by atoms with van der Waals surface area (Å²) in [6.45, 7) is 10.2. The van der Waals surface area contributed by atoms with Crippen LogP contribution in [-0.4, -0.2) is 6.54 Å². The molecule has 0 amide bonds. The molecule has 0 bridgehead atoms. The topological polar surface area (TPSA) is 12.0 Å². The van der Waals surface area contributed by atoms with Crippen LogP contribution < -0.4 is 5.32 Å². The maximum absolute atomic E-state index is 3.66. The third-order valence-electron chi connectivity index (χ3n) is 4.50. The number of nitrogens with one attached hydrogen (secondary N) is 1. The average molecular weight is 259 g/mol. The van der Waals surface area contributed by atoms with Gasteiger partial charge in [0.1, 0.15) is 0 Å². The first-order valence-corrected chi connectivity index (χ1v) is 7.80. The Hall–Kier alpha value is -0.820. The lowest BCUT2D eigenvalue weighted by Gasteiger charge is -2.26. The van der Waals surface area contributed by atoms with Crippen LogP contribution in [0.1, 0.15) is 70.5 Å². The highest BCUT2D eigenvalue weighted by Crippen LogP contribution is 2.29. The van der Waals surface area contributed by atoms with Crippen LogP contribution in [0.4, 0.5) is 0 Å². The van der Waals surface area contributed by atoms with Gasteiger partial charge in [-0.2, -0.15) is 0 Å². The number of hydrogen-bond acceptors (Lipinski definition) is 1. The molecule has 1 atom stereocenters. The molecule has 106 valence electrons. The summed E-state index contributed by atoms with van der Waals surface area (Å²) < 4.78 is 0. The van der Waals surface area contributed by atoms with Gasteiger partial charge in [-0.3, -0.25) is 0 Å². The number of hydrogen-bond donors (Lipinski definition) is 1. The molecule has 0 radical (unpaired) electrons. The van der Waals surface area contributed by atoms with Crippen molar-refractivity contribution in [3.8, 4) is 0 Å². The van der Waals surface area contributed by atoms with Crippen LogP contribution in [0.15, 0.2) is 24.3 Å². The van der Waals surface area contributed by atoms with Crippen molar-refractivity contribution in [2.75, 3.05) is 6.54 Å². The highest BCUT2D eigenvalue weighted by atomic mass is 14.9. The summed E-state index contributed by atoms with van der Waals surface area (Å²) in [6.07, 6.45) is 5.71. The van der Waals surface area contributed by atoms with Crippen LogP contribution in [0.2, 0.25) is 0 Å². The van der Waals surface area contributed by atoms with Crippen LogP contribution in [-0.2, 0) is 5.41 Å². The minimum Gasteiger partial charge on any atom is -0.310 e. The largest absolute Gasteiger partial charge is 0.310 e. The Morgan fingerprint density at radius 3 is 2.26 bits per heavy atom. The minimum atomic E-state index is 0.249. The molecule has 0 heterocycles. The molecule has 2 rings (SSSR count). The van der Waals surface area contributed by atoms with Crippen molar-refractivity contribution in [2.24, 2.45) is 5.92 Å². The predicted octanol–water partition coefficient (Wildman–Crippen LogP) is 4.82. The molecule has 1 heteroatoms. The first-order valence-electron chi connectivity index (χ1n) is 7.80. The molecular weight excluding hydrogens is 230 g/mol. The SMILES string of the molecule is CC(NCCC1CCC1)c1ccc(C(C)(C)C)cc1. The second-order valence-corrected chi connectivity index (χ2v) is 7.13. The van der Waals surface area contributed by atoms with Crippen molar-refractivity contribution in [3.05, 3.63) is 35.4 Å². The molecule has 1 saturated carbocycles. The molecule has 0 spiro atoms. The molecule has 1 N–H and O–H groups in total. The van der Waals surface area contributed by atoms with E-state index in [1.165, 1.54) is 36.8 Å². The van der Waals surface area contributed by atoms with E-state index in [0.29, 0.717) is 6.04 Å². The predicted molar refractivity (Wildman–Crippen MR) is 83.5 cm³/mol. The second kappa shape index (κ2) is 6.09. The summed E-state index contributed by atoms with van der Waals surface area (Å²) in [5.41, 5.74) is 3.07. The van der Waals surface area contributed by atoms with Crippen molar-refractivity contribution in [1.82, 2.24) is 5.32 Å². The maximum Gasteiger partial charge on any atom is 0.0291 e. The smallest absolute Gasteiger partial charge is 0.0291 e. The van der Waals surface area contributed by atoms with Gasteiger partial charge in [-0.15, -0.1) is 0 Å². The third kappa shape index (κ3) is 4.07. The third-order valence-corrected chi connectivity index (χ3v) is 4.50. The molecule has 0 saturated heterocycles. The van der Waals surface area contributed by atoms with E-state index < -0.39 is 0 Å². The number of benzene rings is 1. The Morgan fingerprint density at radius 2 is 1.79 bits per heavy atom. The van der Waals surface area contributed by atoms with Gasteiger partial charge >= 0.3 is 0 Å². The maximum atomic E-state index is 3.66. The van der Waals surface area contributed by atoms with E-state index in [2.05, 4.69) is 57.3 Å². The summed E-state index contributed by atoms with van der Waals surface area (Å²) in [5.74, 6) is 1.00. The normalized spacial score (nSPS) is 18.1. The molecule has 1 nitrogen and oxygen atoms in total. The standard InChI is InChI=1S/C18H29N/c1-14(19-13-12-15-6-5-7-15)16-8-10-17(11-9-16)18(2,3)4/h8-11,14-15,19H,5-7,12-13H2,1-4H3. The van der Waals surface area contributed by atoms with E-state index in [9.17, 15) is 0 Å². The van der Waals surface area contributed by atoms with Crippen molar-refractivity contribution in [1.29, 1.82) is 0 Å². The highest BCUT2D eigenvalue weighted by Gasteiger charge is 2.17. The molecule has 19 heavy (non-hydrogen) atoms. The number of rotatable bonds is 5. The van der Waals surface area contributed by atoms with E-state index in [1.807, 2.05) is 0 Å². The van der Waals surface area contributed by atoms with E-state index in [-0.39, 0.29) is 5.41 Å². The van der Waals surface area contributed by atoms with Crippen LogP contribution in [0, 0.1) is 5.92 Å². The molecule has 1 aliphatic rings. The first kappa shape index (κ1) is 14.6. The lowest BCUT2D eigenvalue weighted by atomic mass is 9.83. The van der Waals surface area contributed by atoms with Crippen molar-refractivity contribution in [2.45, 2.75) is 64.8 Å². The molecule has 1 aliphatic carbocycles. The molecular formula is C18H29N. The molecule has 0 aliphatic heterocycles. The molecule has 0 aromatic heterocycles. The van der Waals surface area contributed by atoms with E-state index in [0.717, 1.165) is 12.5 Å². The Labute approximate surface area is 118 Å².